The van der Waals surface area contributed by atoms with Gasteiger partial charge in [-0.15, -0.1) is 11.6 Å². The second-order valence-electron chi connectivity index (χ2n) is 4.85. The lowest BCUT2D eigenvalue weighted by Gasteiger charge is -2.43. The van der Waals surface area contributed by atoms with E-state index in [1.165, 1.54) is 7.11 Å². The molecule has 0 bridgehead atoms. The standard InChI is InChI=1S/C12H19ClO9S/c1-6(14)19-9-8(5-13)21-12(18-3)11(22-23(4,16)17)10(9)20-7(2)15/h8-12H,5H2,1-4H3. The van der Waals surface area contributed by atoms with Gasteiger partial charge in [-0.1, -0.05) is 0 Å². The first-order valence-corrected chi connectivity index (χ1v) is 8.91. The van der Waals surface area contributed by atoms with Crippen molar-refractivity contribution in [3.63, 3.8) is 0 Å². The third-order valence-corrected chi connectivity index (χ3v) is 3.74. The van der Waals surface area contributed by atoms with Crippen molar-refractivity contribution in [3.8, 4) is 0 Å². The second kappa shape index (κ2) is 8.25. The summed E-state index contributed by atoms with van der Waals surface area (Å²) in [7, 11) is -2.68. The number of rotatable bonds is 6. The van der Waals surface area contributed by atoms with Crippen LogP contribution in [0.3, 0.4) is 0 Å². The number of hydrogen-bond acceptors (Lipinski definition) is 9. The van der Waals surface area contributed by atoms with Gasteiger partial charge in [0.25, 0.3) is 10.1 Å². The Morgan fingerprint density at radius 1 is 1.09 bits per heavy atom. The summed E-state index contributed by atoms with van der Waals surface area (Å²) in [5.74, 6) is -1.51. The molecule has 0 amide bonds. The lowest BCUT2D eigenvalue weighted by atomic mass is 9.99. The number of halogens is 1. The van der Waals surface area contributed by atoms with Crippen molar-refractivity contribution < 1.29 is 41.1 Å². The fraction of sp³-hybridized carbons (Fsp3) is 0.833. The van der Waals surface area contributed by atoms with E-state index >= 15 is 0 Å². The van der Waals surface area contributed by atoms with Crippen LogP contribution in [0, 0.1) is 0 Å². The lowest BCUT2D eigenvalue weighted by molar-refractivity contribution is -0.284. The molecule has 0 aromatic rings. The molecule has 0 aromatic heterocycles. The summed E-state index contributed by atoms with van der Waals surface area (Å²) in [6.45, 7) is 2.26. The van der Waals surface area contributed by atoms with E-state index in [0.717, 1.165) is 20.1 Å². The Morgan fingerprint density at radius 3 is 2.00 bits per heavy atom. The van der Waals surface area contributed by atoms with E-state index in [-0.39, 0.29) is 5.88 Å². The van der Waals surface area contributed by atoms with Gasteiger partial charge in [-0.3, -0.25) is 13.8 Å². The van der Waals surface area contributed by atoms with E-state index in [9.17, 15) is 18.0 Å². The van der Waals surface area contributed by atoms with Crippen molar-refractivity contribution in [2.45, 2.75) is 44.6 Å². The maximum atomic E-state index is 11.5. The molecule has 0 radical (unpaired) electrons. The van der Waals surface area contributed by atoms with Crippen molar-refractivity contribution in [1.29, 1.82) is 0 Å². The maximum Gasteiger partial charge on any atom is 0.303 e. The lowest BCUT2D eigenvalue weighted by Crippen LogP contribution is -2.62. The van der Waals surface area contributed by atoms with Crippen LogP contribution in [0.15, 0.2) is 0 Å². The normalized spacial score (nSPS) is 31.4. The van der Waals surface area contributed by atoms with E-state index in [4.69, 9.17) is 34.7 Å². The molecule has 0 spiro atoms. The van der Waals surface area contributed by atoms with Gasteiger partial charge in [0.1, 0.15) is 6.10 Å². The zero-order chi connectivity index (χ0) is 17.8. The van der Waals surface area contributed by atoms with Crippen LogP contribution in [0.25, 0.3) is 0 Å². The van der Waals surface area contributed by atoms with E-state index in [2.05, 4.69) is 0 Å². The predicted molar refractivity (Wildman–Crippen MR) is 77.2 cm³/mol. The van der Waals surface area contributed by atoms with Crippen LogP contribution < -0.4 is 0 Å². The third-order valence-electron chi connectivity index (χ3n) is 2.87. The second-order valence-corrected chi connectivity index (χ2v) is 6.76. The molecule has 0 saturated carbocycles. The van der Waals surface area contributed by atoms with E-state index in [1.807, 2.05) is 0 Å². The van der Waals surface area contributed by atoms with Crippen molar-refractivity contribution >= 4 is 33.7 Å². The van der Waals surface area contributed by atoms with Gasteiger partial charge < -0.3 is 18.9 Å². The molecule has 0 aliphatic carbocycles. The fourth-order valence-electron chi connectivity index (χ4n) is 2.16. The predicted octanol–water partition coefficient (Wildman–Crippen LogP) is -0.195. The molecule has 0 aromatic carbocycles. The Balaban J connectivity index is 3.23. The van der Waals surface area contributed by atoms with Crippen LogP contribution in [-0.4, -0.2) is 70.3 Å². The Kier molecular flexibility index (Phi) is 7.21. The summed E-state index contributed by atoms with van der Waals surface area (Å²) >= 11 is 5.79. The molecule has 134 valence electrons. The highest BCUT2D eigenvalue weighted by molar-refractivity contribution is 7.86. The molecule has 1 aliphatic rings. The monoisotopic (exact) mass is 374 g/mol. The topological polar surface area (TPSA) is 114 Å². The number of alkyl halides is 1. The SMILES string of the molecule is COC1OC(CCl)C(OC(C)=O)C(OC(C)=O)C1OS(C)(=O)=O. The van der Waals surface area contributed by atoms with Crippen LogP contribution in [0.4, 0.5) is 0 Å². The smallest absolute Gasteiger partial charge is 0.303 e. The summed E-state index contributed by atoms with van der Waals surface area (Å²) < 4.78 is 48.5. The molecule has 11 heteroatoms. The molecular weight excluding hydrogens is 356 g/mol. The Morgan fingerprint density at radius 2 is 1.61 bits per heavy atom. The summed E-state index contributed by atoms with van der Waals surface area (Å²) in [5, 5.41) is 0. The summed E-state index contributed by atoms with van der Waals surface area (Å²) in [6, 6.07) is 0. The van der Waals surface area contributed by atoms with Crippen LogP contribution in [0.5, 0.6) is 0 Å². The molecule has 1 rings (SSSR count). The summed E-state index contributed by atoms with van der Waals surface area (Å²) in [4.78, 5) is 22.7. The zero-order valence-electron chi connectivity index (χ0n) is 13.1. The van der Waals surface area contributed by atoms with Crippen molar-refractivity contribution in [2.75, 3.05) is 19.2 Å². The Bertz CT molecular complexity index is 535. The van der Waals surface area contributed by atoms with Gasteiger partial charge in [-0.2, -0.15) is 8.42 Å². The van der Waals surface area contributed by atoms with E-state index in [1.54, 1.807) is 0 Å². The maximum absolute atomic E-state index is 11.5. The van der Waals surface area contributed by atoms with Gasteiger partial charge in [-0.05, 0) is 0 Å². The van der Waals surface area contributed by atoms with Crippen LogP contribution in [-0.2, 0) is 42.8 Å². The van der Waals surface area contributed by atoms with E-state index < -0.39 is 52.8 Å². The largest absolute Gasteiger partial charge is 0.456 e. The molecule has 5 atom stereocenters. The van der Waals surface area contributed by atoms with Crippen LogP contribution >= 0.6 is 11.6 Å². The molecule has 9 nitrogen and oxygen atoms in total. The number of esters is 2. The highest BCUT2D eigenvalue weighted by Crippen LogP contribution is 2.30. The van der Waals surface area contributed by atoms with Gasteiger partial charge in [0.15, 0.2) is 24.6 Å². The number of methoxy groups -OCH3 is 1. The van der Waals surface area contributed by atoms with Gasteiger partial charge in [0.2, 0.25) is 0 Å². The Labute approximate surface area is 139 Å². The van der Waals surface area contributed by atoms with E-state index in [0.29, 0.717) is 0 Å². The average Bonchev–Trinajstić information content (AvgIpc) is 2.40. The highest BCUT2D eigenvalue weighted by atomic mass is 35.5. The van der Waals surface area contributed by atoms with Crippen LogP contribution in [0.1, 0.15) is 13.8 Å². The highest BCUT2D eigenvalue weighted by Gasteiger charge is 2.51. The average molecular weight is 375 g/mol. The molecule has 1 aliphatic heterocycles. The molecule has 1 fully saturated rings. The fourth-order valence-corrected chi connectivity index (χ4v) is 3.01. The first-order chi connectivity index (χ1) is 10.6. The molecule has 23 heavy (non-hydrogen) atoms. The molecular formula is C12H19ClO9S. The number of carbonyl (C=O) groups is 2. The third kappa shape index (κ3) is 5.88. The van der Waals surface area contributed by atoms with Crippen molar-refractivity contribution in [1.82, 2.24) is 0 Å². The molecule has 1 saturated heterocycles. The first-order valence-electron chi connectivity index (χ1n) is 6.56. The number of carbonyl (C=O) groups excluding carboxylic acids is 2. The molecule has 1 heterocycles. The van der Waals surface area contributed by atoms with Crippen molar-refractivity contribution in [2.24, 2.45) is 0 Å². The first kappa shape index (κ1) is 20.1. The number of hydrogen-bond donors (Lipinski definition) is 0. The Hall–Kier alpha value is -0.940. The summed E-state index contributed by atoms with van der Waals surface area (Å²) in [6.07, 6.45) is -5.03. The minimum absolute atomic E-state index is 0.110. The van der Waals surface area contributed by atoms with Gasteiger partial charge >= 0.3 is 11.9 Å². The number of ether oxygens (including phenoxy) is 4. The summed E-state index contributed by atoms with van der Waals surface area (Å²) in [5.41, 5.74) is 0. The quantitative estimate of drug-likeness (QED) is 0.354. The van der Waals surface area contributed by atoms with Crippen LogP contribution in [0.2, 0.25) is 0 Å². The minimum atomic E-state index is -3.94. The van der Waals surface area contributed by atoms with Gasteiger partial charge in [0.05, 0.1) is 12.1 Å². The van der Waals surface area contributed by atoms with Gasteiger partial charge in [0, 0.05) is 21.0 Å². The molecule has 0 N–H and O–H groups in total. The zero-order valence-corrected chi connectivity index (χ0v) is 14.6. The molecule has 5 unspecified atom stereocenters. The van der Waals surface area contributed by atoms with Gasteiger partial charge in [-0.25, -0.2) is 0 Å². The van der Waals surface area contributed by atoms with Crippen molar-refractivity contribution in [3.05, 3.63) is 0 Å². The minimum Gasteiger partial charge on any atom is -0.456 e.